The number of pyridine rings is 1. The van der Waals surface area contributed by atoms with Crippen LogP contribution < -0.4 is 10.6 Å². The van der Waals surface area contributed by atoms with Crippen molar-refractivity contribution in [1.29, 1.82) is 5.26 Å². The Morgan fingerprint density at radius 2 is 1.67 bits per heavy atom. The van der Waals surface area contributed by atoms with Crippen molar-refractivity contribution in [1.82, 2.24) is 9.97 Å². The lowest BCUT2D eigenvalue weighted by atomic mass is 10.2. The van der Waals surface area contributed by atoms with E-state index >= 15 is 0 Å². The molecule has 4 rings (SSSR count). The number of anilines is 4. The zero-order valence-corrected chi connectivity index (χ0v) is 13.9. The van der Waals surface area contributed by atoms with Gasteiger partial charge in [-0.2, -0.15) is 5.26 Å². The summed E-state index contributed by atoms with van der Waals surface area (Å²) in [6.07, 6.45) is 1.85. The number of halogens is 2. The van der Waals surface area contributed by atoms with Crippen LogP contribution >= 0.6 is 0 Å². The van der Waals surface area contributed by atoms with E-state index in [1.165, 1.54) is 12.1 Å². The molecule has 4 aromatic rings. The zero-order chi connectivity index (χ0) is 18.8. The summed E-state index contributed by atoms with van der Waals surface area (Å²) >= 11 is 0. The molecular formula is C20H13F2N5. The second-order valence-electron chi connectivity index (χ2n) is 5.90. The van der Waals surface area contributed by atoms with Gasteiger partial charge in [-0.3, -0.25) is 0 Å². The van der Waals surface area contributed by atoms with E-state index in [1.807, 2.05) is 36.5 Å². The first-order chi connectivity index (χ1) is 13.1. The predicted molar refractivity (Wildman–Crippen MR) is 100 cm³/mol. The Balaban J connectivity index is 1.63. The van der Waals surface area contributed by atoms with Gasteiger partial charge in [-0.05, 0) is 41.8 Å². The van der Waals surface area contributed by atoms with Crippen LogP contribution in [-0.4, -0.2) is 9.97 Å². The molecule has 7 heteroatoms. The highest BCUT2D eigenvalue weighted by Crippen LogP contribution is 2.25. The molecule has 5 nitrogen and oxygen atoms in total. The molecule has 0 aliphatic rings. The first kappa shape index (κ1) is 16.5. The van der Waals surface area contributed by atoms with Crippen molar-refractivity contribution in [2.75, 3.05) is 10.6 Å². The second kappa shape index (κ2) is 6.77. The standard InChI is InChI=1S/C20H13F2N5/c21-17-4-3-13(8-18(17)22)25-15-7-16(11-23)27-20(10-15)26-14-2-1-12-5-6-24-19(12)9-14/h1-10,24H,(H2,25,26,27). The minimum absolute atomic E-state index is 0.186. The van der Waals surface area contributed by atoms with Gasteiger partial charge in [-0.25, -0.2) is 13.8 Å². The Labute approximate surface area is 153 Å². The van der Waals surface area contributed by atoms with Gasteiger partial charge in [0.05, 0.1) is 0 Å². The van der Waals surface area contributed by atoms with Crippen LogP contribution in [0.5, 0.6) is 0 Å². The van der Waals surface area contributed by atoms with Gasteiger partial charge >= 0.3 is 0 Å². The first-order valence-electron chi connectivity index (χ1n) is 8.09. The summed E-state index contributed by atoms with van der Waals surface area (Å²) < 4.78 is 26.5. The summed E-state index contributed by atoms with van der Waals surface area (Å²) in [7, 11) is 0. The lowest BCUT2D eigenvalue weighted by molar-refractivity contribution is 0.509. The number of aromatic amines is 1. The SMILES string of the molecule is N#Cc1cc(Nc2ccc(F)c(F)c2)cc(Nc2ccc3cc[nH]c3c2)n1. The summed E-state index contributed by atoms with van der Waals surface area (Å²) in [5.41, 5.74) is 2.84. The second-order valence-corrected chi connectivity index (χ2v) is 5.90. The molecule has 132 valence electrons. The van der Waals surface area contributed by atoms with E-state index < -0.39 is 11.6 Å². The third-order valence-corrected chi connectivity index (χ3v) is 3.98. The number of hydrogen-bond acceptors (Lipinski definition) is 4. The van der Waals surface area contributed by atoms with Gasteiger partial charge in [0.25, 0.3) is 0 Å². The van der Waals surface area contributed by atoms with E-state index in [4.69, 9.17) is 0 Å². The van der Waals surface area contributed by atoms with Gasteiger partial charge in [0.1, 0.15) is 17.6 Å². The fourth-order valence-corrected chi connectivity index (χ4v) is 2.74. The number of nitrogens with one attached hydrogen (secondary N) is 3. The van der Waals surface area contributed by atoms with Gasteiger partial charge < -0.3 is 15.6 Å². The summed E-state index contributed by atoms with van der Waals surface area (Å²) in [6.45, 7) is 0. The largest absolute Gasteiger partial charge is 0.361 e. The summed E-state index contributed by atoms with van der Waals surface area (Å²) in [4.78, 5) is 7.36. The molecule has 0 amide bonds. The molecule has 3 N–H and O–H groups in total. The van der Waals surface area contributed by atoms with Crippen molar-refractivity contribution >= 4 is 33.8 Å². The van der Waals surface area contributed by atoms with Crippen molar-refractivity contribution in [3.8, 4) is 6.07 Å². The number of aromatic nitrogens is 2. The smallest absolute Gasteiger partial charge is 0.160 e. The number of rotatable bonds is 4. The molecule has 0 unspecified atom stereocenters. The molecule has 0 bridgehead atoms. The predicted octanol–water partition coefficient (Wildman–Crippen LogP) is 5.20. The number of nitrogens with zero attached hydrogens (tertiary/aromatic N) is 2. The fourth-order valence-electron chi connectivity index (χ4n) is 2.74. The van der Waals surface area contributed by atoms with E-state index in [0.29, 0.717) is 17.2 Å². The minimum Gasteiger partial charge on any atom is -0.361 e. The van der Waals surface area contributed by atoms with Crippen LogP contribution in [0.4, 0.5) is 31.7 Å². The highest BCUT2D eigenvalue weighted by Gasteiger charge is 2.07. The van der Waals surface area contributed by atoms with Gasteiger partial charge in [0.2, 0.25) is 0 Å². The molecule has 2 aromatic heterocycles. The molecule has 27 heavy (non-hydrogen) atoms. The fraction of sp³-hybridized carbons (Fsp3) is 0. The van der Waals surface area contributed by atoms with E-state index in [0.717, 1.165) is 28.7 Å². The Kier molecular flexibility index (Phi) is 4.15. The quantitative estimate of drug-likeness (QED) is 0.467. The third-order valence-electron chi connectivity index (χ3n) is 3.98. The molecule has 0 fully saturated rings. The number of nitriles is 1. The van der Waals surface area contributed by atoms with E-state index in [1.54, 1.807) is 6.07 Å². The lowest BCUT2D eigenvalue weighted by Crippen LogP contribution is -1.99. The molecule has 0 aliphatic heterocycles. The van der Waals surface area contributed by atoms with Gasteiger partial charge in [0.15, 0.2) is 11.6 Å². The zero-order valence-electron chi connectivity index (χ0n) is 13.9. The molecule has 0 saturated carbocycles. The minimum atomic E-state index is -0.952. The van der Waals surface area contributed by atoms with Crippen LogP contribution in [0.1, 0.15) is 5.69 Å². The van der Waals surface area contributed by atoms with Crippen LogP contribution in [0, 0.1) is 23.0 Å². The molecular weight excluding hydrogens is 348 g/mol. The molecule has 0 spiro atoms. The maximum atomic E-state index is 13.4. The Hall–Kier alpha value is -3.92. The number of H-pyrrole nitrogens is 1. The van der Waals surface area contributed by atoms with Crippen LogP contribution in [0.2, 0.25) is 0 Å². The lowest BCUT2D eigenvalue weighted by Gasteiger charge is -2.11. The Bertz CT molecular complexity index is 1180. The van der Waals surface area contributed by atoms with Crippen molar-refractivity contribution in [3.63, 3.8) is 0 Å². The highest BCUT2D eigenvalue weighted by atomic mass is 19.2. The third kappa shape index (κ3) is 3.55. The van der Waals surface area contributed by atoms with E-state index in [2.05, 4.69) is 20.6 Å². The van der Waals surface area contributed by atoms with Crippen LogP contribution in [-0.2, 0) is 0 Å². The summed E-state index contributed by atoms with van der Waals surface area (Å²) in [5, 5.41) is 16.4. The summed E-state index contributed by atoms with van der Waals surface area (Å²) in [6, 6.07) is 16.5. The van der Waals surface area contributed by atoms with Crippen molar-refractivity contribution in [2.45, 2.75) is 0 Å². The molecule has 0 radical (unpaired) electrons. The van der Waals surface area contributed by atoms with Crippen molar-refractivity contribution < 1.29 is 8.78 Å². The Morgan fingerprint density at radius 1 is 0.852 bits per heavy atom. The number of hydrogen-bond donors (Lipinski definition) is 3. The van der Waals surface area contributed by atoms with Crippen molar-refractivity contribution in [2.24, 2.45) is 0 Å². The maximum Gasteiger partial charge on any atom is 0.160 e. The average molecular weight is 361 g/mol. The highest BCUT2D eigenvalue weighted by molar-refractivity contribution is 5.83. The average Bonchev–Trinajstić information content (AvgIpc) is 3.12. The topological polar surface area (TPSA) is 76.5 Å². The van der Waals surface area contributed by atoms with E-state index in [-0.39, 0.29) is 5.69 Å². The molecule has 2 heterocycles. The molecule has 0 atom stereocenters. The van der Waals surface area contributed by atoms with Crippen LogP contribution in [0.15, 0.2) is 60.8 Å². The monoisotopic (exact) mass is 361 g/mol. The van der Waals surface area contributed by atoms with Crippen molar-refractivity contribution in [3.05, 3.63) is 78.1 Å². The Morgan fingerprint density at radius 3 is 2.48 bits per heavy atom. The van der Waals surface area contributed by atoms with E-state index in [9.17, 15) is 14.0 Å². The first-order valence-corrected chi connectivity index (χ1v) is 8.09. The maximum absolute atomic E-state index is 13.4. The van der Waals surface area contributed by atoms with Gasteiger partial charge in [-0.1, -0.05) is 6.07 Å². The van der Waals surface area contributed by atoms with Gasteiger partial charge in [-0.15, -0.1) is 0 Å². The molecule has 0 saturated heterocycles. The van der Waals surface area contributed by atoms with Crippen LogP contribution in [0.25, 0.3) is 10.9 Å². The molecule has 0 aliphatic carbocycles. The van der Waals surface area contributed by atoms with Gasteiger partial charge in [0, 0.05) is 40.9 Å². The number of fused-ring (bicyclic) bond motifs is 1. The normalized spacial score (nSPS) is 10.6. The van der Waals surface area contributed by atoms with Crippen LogP contribution in [0.3, 0.4) is 0 Å². The number of benzene rings is 2. The molecule has 2 aromatic carbocycles. The summed E-state index contributed by atoms with van der Waals surface area (Å²) in [5.74, 6) is -1.42.